The van der Waals surface area contributed by atoms with Crippen LogP contribution in [0.15, 0.2) is 11.7 Å². The molecule has 0 radical (unpaired) electrons. The predicted molar refractivity (Wildman–Crippen MR) is 70.8 cm³/mol. The van der Waals surface area contributed by atoms with E-state index in [4.69, 9.17) is 5.11 Å². The van der Waals surface area contributed by atoms with Gasteiger partial charge in [-0.15, -0.1) is 22.7 Å². The maximum atomic E-state index is 11.8. The molecule has 2 heterocycles. The smallest absolute Gasteiger partial charge is 0.338 e. The fraction of sp³-hybridized carbons (Fsp3) is 0.182. The Morgan fingerprint density at radius 3 is 2.67 bits per heavy atom. The zero-order chi connectivity index (χ0) is 13.3. The third-order valence-electron chi connectivity index (χ3n) is 2.48. The number of thiophene rings is 1. The number of thiazole rings is 1. The number of carboxylic acid groups (broad SMARTS) is 1. The molecular weight excluding hydrogens is 272 g/mol. The van der Waals surface area contributed by atoms with Crippen LogP contribution in [-0.2, 0) is 0 Å². The first-order valence-electron chi connectivity index (χ1n) is 5.04. The summed E-state index contributed by atoms with van der Waals surface area (Å²) in [5.74, 6) is -1.36. The summed E-state index contributed by atoms with van der Waals surface area (Å²) in [6.45, 7) is 3.56. The van der Waals surface area contributed by atoms with Gasteiger partial charge in [-0.25, -0.2) is 4.79 Å². The van der Waals surface area contributed by atoms with Crippen molar-refractivity contribution in [2.45, 2.75) is 13.8 Å². The second-order valence-corrected chi connectivity index (χ2v) is 5.72. The highest BCUT2D eigenvalue weighted by Crippen LogP contribution is 2.32. The highest BCUT2D eigenvalue weighted by molar-refractivity contribution is 7.17. The molecule has 0 bridgehead atoms. The number of nitrogens with zero attached hydrogens (tertiary/aromatic N) is 1. The Kier molecular flexibility index (Phi) is 3.44. The molecule has 2 rings (SSSR count). The molecule has 7 heteroatoms. The van der Waals surface area contributed by atoms with Gasteiger partial charge in [-0.3, -0.25) is 9.78 Å². The van der Waals surface area contributed by atoms with Crippen LogP contribution in [0.4, 0.5) is 5.00 Å². The van der Waals surface area contributed by atoms with Crippen molar-refractivity contribution in [1.29, 1.82) is 0 Å². The number of hydrogen-bond acceptors (Lipinski definition) is 5. The highest BCUT2D eigenvalue weighted by Gasteiger charge is 2.21. The Hall–Kier alpha value is -1.73. The summed E-state index contributed by atoms with van der Waals surface area (Å²) in [5, 5.41) is 12.1. The van der Waals surface area contributed by atoms with E-state index in [-0.39, 0.29) is 11.5 Å². The molecule has 0 saturated heterocycles. The molecular formula is C11H10N2O3S2. The summed E-state index contributed by atoms with van der Waals surface area (Å²) in [6, 6.07) is 0. The molecule has 0 aliphatic carbocycles. The van der Waals surface area contributed by atoms with E-state index in [1.807, 2.05) is 6.92 Å². The molecule has 18 heavy (non-hydrogen) atoms. The first-order chi connectivity index (χ1) is 8.50. The number of anilines is 1. The fourth-order valence-electron chi connectivity index (χ4n) is 1.47. The van der Waals surface area contributed by atoms with Gasteiger partial charge in [0.15, 0.2) is 0 Å². The number of carbonyl (C=O) groups excluding carboxylic acids is 1. The summed E-state index contributed by atoms with van der Waals surface area (Å²) in [5.41, 5.74) is 2.40. The minimum absolute atomic E-state index is 0.162. The van der Waals surface area contributed by atoms with Crippen molar-refractivity contribution < 1.29 is 14.7 Å². The van der Waals surface area contributed by atoms with Crippen LogP contribution >= 0.6 is 22.7 Å². The Balaban J connectivity index is 2.32. The number of aromatic nitrogens is 1. The Morgan fingerprint density at radius 1 is 1.39 bits per heavy atom. The topological polar surface area (TPSA) is 79.3 Å². The van der Waals surface area contributed by atoms with Crippen LogP contribution in [0.3, 0.4) is 0 Å². The van der Waals surface area contributed by atoms with Gasteiger partial charge in [0.25, 0.3) is 5.91 Å². The van der Waals surface area contributed by atoms with Crippen LogP contribution in [0.2, 0.25) is 0 Å². The molecule has 0 aliphatic heterocycles. The molecule has 0 saturated carbocycles. The van der Waals surface area contributed by atoms with Gasteiger partial charge in [0.05, 0.1) is 17.3 Å². The van der Waals surface area contributed by atoms with Gasteiger partial charge in [-0.1, -0.05) is 0 Å². The lowest BCUT2D eigenvalue weighted by Gasteiger charge is -2.02. The summed E-state index contributed by atoms with van der Waals surface area (Å²) in [7, 11) is 0. The van der Waals surface area contributed by atoms with Crippen molar-refractivity contribution in [3.8, 4) is 0 Å². The van der Waals surface area contributed by atoms with Crippen LogP contribution in [0, 0.1) is 13.8 Å². The molecule has 0 atom stereocenters. The average Bonchev–Trinajstić information content (AvgIpc) is 2.88. The monoisotopic (exact) mass is 282 g/mol. The van der Waals surface area contributed by atoms with Crippen LogP contribution < -0.4 is 5.32 Å². The van der Waals surface area contributed by atoms with Crippen molar-refractivity contribution in [3.63, 3.8) is 0 Å². The molecule has 2 N–H and O–H groups in total. The van der Waals surface area contributed by atoms with E-state index >= 15 is 0 Å². The molecule has 2 aromatic rings. The lowest BCUT2D eigenvalue weighted by Crippen LogP contribution is -2.12. The minimum atomic E-state index is -1.03. The normalized spacial score (nSPS) is 10.3. The molecule has 0 spiro atoms. The van der Waals surface area contributed by atoms with Gasteiger partial charge < -0.3 is 10.4 Å². The lowest BCUT2D eigenvalue weighted by molar-refractivity contribution is 0.0697. The van der Waals surface area contributed by atoms with E-state index in [2.05, 4.69) is 10.3 Å². The van der Waals surface area contributed by atoms with E-state index in [1.165, 1.54) is 28.9 Å². The highest BCUT2D eigenvalue weighted by atomic mass is 32.1. The Labute approximate surface area is 111 Å². The van der Waals surface area contributed by atoms with E-state index in [0.29, 0.717) is 15.4 Å². The van der Waals surface area contributed by atoms with Crippen LogP contribution in [0.25, 0.3) is 0 Å². The van der Waals surface area contributed by atoms with E-state index in [0.717, 1.165) is 4.88 Å². The number of hydrogen-bond donors (Lipinski definition) is 2. The summed E-state index contributed by atoms with van der Waals surface area (Å²) in [6.07, 6.45) is 1.45. The standard InChI is InChI=1S/C11H10N2O3S2/c1-5-6(2)18-10(8(5)11(15)16)13-9(14)7-3-12-4-17-7/h3-4H,1-2H3,(H,13,14)(H,15,16). The largest absolute Gasteiger partial charge is 0.478 e. The molecule has 0 fully saturated rings. The third-order valence-corrected chi connectivity index (χ3v) is 4.38. The van der Waals surface area contributed by atoms with E-state index < -0.39 is 5.97 Å². The number of nitrogens with one attached hydrogen (secondary N) is 1. The minimum Gasteiger partial charge on any atom is -0.478 e. The second-order valence-electron chi connectivity index (χ2n) is 3.61. The van der Waals surface area contributed by atoms with Gasteiger partial charge in [0, 0.05) is 4.88 Å². The van der Waals surface area contributed by atoms with Crippen LogP contribution in [0.5, 0.6) is 0 Å². The number of aryl methyl sites for hydroxylation is 1. The van der Waals surface area contributed by atoms with Gasteiger partial charge in [0.2, 0.25) is 0 Å². The van der Waals surface area contributed by atoms with Gasteiger partial charge in [0.1, 0.15) is 9.88 Å². The van der Waals surface area contributed by atoms with Gasteiger partial charge >= 0.3 is 5.97 Å². The molecule has 5 nitrogen and oxygen atoms in total. The molecule has 0 aromatic carbocycles. The van der Waals surface area contributed by atoms with Crippen molar-refractivity contribution in [3.05, 3.63) is 32.6 Å². The van der Waals surface area contributed by atoms with Crippen molar-refractivity contribution in [2.75, 3.05) is 5.32 Å². The quantitative estimate of drug-likeness (QED) is 0.907. The first-order valence-corrected chi connectivity index (χ1v) is 6.73. The Morgan fingerprint density at radius 2 is 2.11 bits per heavy atom. The number of amides is 1. The number of carboxylic acids is 1. The number of rotatable bonds is 3. The Bertz CT molecular complexity index is 602. The van der Waals surface area contributed by atoms with Gasteiger partial charge in [-0.05, 0) is 19.4 Å². The predicted octanol–water partition coefficient (Wildman–Crippen LogP) is 2.77. The first kappa shape index (κ1) is 12.7. The van der Waals surface area contributed by atoms with Gasteiger partial charge in [-0.2, -0.15) is 0 Å². The summed E-state index contributed by atoms with van der Waals surface area (Å²) < 4.78 is 0. The molecule has 0 aliphatic rings. The van der Waals surface area contributed by atoms with Crippen molar-refractivity contribution >= 4 is 39.6 Å². The fourth-order valence-corrected chi connectivity index (χ4v) is 3.03. The maximum Gasteiger partial charge on any atom is 0.338 e. The zero-order valence-electron chi connectivity index (χ0n) is 9.68. The summed E-state index contributed by atoms with van der Waals surface area (Å²) >= 11 is 2.48. The zero-order valence-corrected chi connectivity index (χ0v) is 11.3. The maximum absolute atomic E-state index is 11.8. The molecule has 1 amide bonds. The van der Waals surface area contributed by atoms with E-state index in [1.54, 1.807) is 12.4 Å². The molecule has 94 valence electrons. The van der Waals surface area contributed by atoms with Crippen LogP contribution in [0.1, 0.15) is 30.5 Å². The number of carbonyl (C=O) groups is 2. The molecule has 2 aromatic heterocycles. The molecule has 0 unspecified atom stereocenters. The SMILES string of the molecule is Cc1sc(NC(=O)c2cncs2)c(C(=O)O)c1C. The van der Waals surface area contributed by atoms with Crippen molar-refractivity contribution in [2.24, 2.45) is 0 Å². The van der Waals surface area contributed by atoms with E-state index in [9.17, 15) is 9.59 Å². The third kappa shape index (κ3) is 2.27. The summed E-state index contributed by atoms with van der Waals surface area (Å²) in [4.78, 5) is 28.2. The van der Waals surface area contributed by atoms with Crippen LogP contribution in [-0.4, -0.2) is 22.0 Å². The van der Waals surface area contributed by atoms with Crippen molar-refractivity contribution in [1.82, 2.24) is 4.98 Å². The average molecular weight is 282 g/mol. The second kappa shape index (κ2) is 4.87. The number of aromatic carboxylic acids is 1. The lowest BCUT2D eigenvalue weighted by atomic mass is 10.1.